The molecule has 1 aliphatic heterocycles. The monoisotopic (exact) mass is 142 g/mol. The lowest BCUT2D eigenvalue weighted by molar-refractivity contribution is 0.156. The van der Waals surface area contributed by atoms with Gasteiger partial charge < -0.3 is 10.6 Å². The summed E-state index contributed by atoms with van der Waals surface area (Å²) in [6, 6.07) is 1.16. The van der Waals surface area contributed by atoms with Crippen LogP contribution in [0.25, 0.3) is 0 Å². The second-order valence-electron chi connectivity index (χ2n) is 3.26. The fraction of sp³-hybridized carbons (Fsp3) is 1.00. The van der Waals surface area contributed by atoms with Gasteiger partial charge in [-0.3, -0.25) is 0 Å². The minimum Gasteiger partial charge on any atom is -0.328 e. The first-order valence-corrected chi connectivity index (χ1v) is 4.23. The average Bonchev–Trinajstić information content (AvgIpc) is 1.88. The van der Waals surface area contributed by atoms with E-state index in [1.807, 2.05) is 0 Å². The van der Waals surface area contributed by atoms with Gasteiger partial charge in [0.05, 0.1) is 0 Å². The molecule has 60 valence electrons. The summed E-state index contributed by atoms with van der Waals surface area (Å²) in [7, 11) is 0. The number of rotatable bonds is 1. The maximum absolute atomic E-state index is 5.82. The summed E-state index contributed by atoms with van der Waals surface area (Å²) in [5, 5.41) is 0. The highest BCUT2D eigenvalue weighted by Crippen LogP contribution is 2.14. The second-order valence-corrected chi connectivity index (χ2v) is 3.26. The van der Waals surface area contributed by atoms with Gasteiger partial charge in [0, 0.05) is 12.1 Å². The molecule has 1 saturated heterocycles. The smallest absolute Gasteiger partial charge is 0.00815 e. The van der Waals surface area contributed by atoms with E-state index in [2.05, 4.69) is 18.7 Å². The van der Waals surface area contributed by atoms with Crippen molar-refractivity contribution in [2.24, 2.45) is 5.73 Å². The Morgan fingerprint density at radius 3 is 2.80 bits per heavy atom. The lowest BCUT2D eigenvalue weighted by Crippen LogP contribution is -2.45. The Bertz CT molecular complexity index is 103. The van der Waals surface area contributed by atoms with E-state index in [1.165, 1.54) is 25.9 Å². The Morgan fingerprint density at radius 2 is 2.30 bits per heavy atom. The van der Waals surface area contributed by atoms with Crippen molar-refractivity contribution in [2.75, 3.05) is 13.1 Å². The Morgan fingerprint density at radius 1 is 1.60 bits per heavy atom. The molecule has 1 rings (SSSR count). The minimum atomic E-state index is 0.456. The van der Waals surface area contributed by atoms with Gasteiger partial charge in [0.1, 0.15) is 0 Å². The molecule has 0 spiro atoms. The van der Waals surface area contributed by atoms with E-state index >= 15 is 0 Å². The van der Waals surface area contributed by atoms with Crippen LogP contribution in [0, 0.1) is 0 Å². The Balaban J connectivity index is 2.36. The average molecular weight is 142 g/mol. The van der Waals surface area contributed by atoms with Crippen LogP contribution in [0.4, 0.5) is 0 Å². The summed E-state index contributed by atoms with van der Waals surface area (Å²) in [5.41, 5.74) is 5.82. The summed E-state index contributed by atoms with van der Waals surface area (Å²) in [4.78, 5) is 2.49. The van der Waals surface area contributed by atoms with Crippen LogP contribution < -0.4 is 5.73 Å². The summed E-state index contributed by atoms with van der Waals surface area (Å²) in [5.74, 6) is 0. The summed E-state index contributed by atoms with van der Waals surface area (Å²) < 4.78 is 0. The first-order chi connectivity index (χ1) is 4.74. The molecule has 0 amide bonds. The second kappa shape index (κ2) is 3.35. The van der Waals surface area contributed by atoms with E-state index in [9.17, 15) is 0 Å². The van der Waals surface area contributed by atoms with E-state index in [-0.39, 0.29) is 0 Å². The Kier molecular flexibility index (Phi) is 2.69. The zero-order valence-corrected chi connectivity index (χ0v) is 7.01. The van der Waals surface area contributed by atoms with Gasteiger partial charge in [-0.15, -0.1) is 0 Å². The molecule has 2 atom stereocenters. The normalized spacial score (nSPS) is 36.3. The molecule has 10 heavy (non-hydrogen) atoms. The van der Waals surface area contributed by atoms with Crippen molar-refractivity contribution in [1.29, 1.82) is 0 Å². The highest BCUT2D eigenvalue weighted by atomic mass is 15.2. The van der Waals surface area contributed by atoms with Gasteiger partial charge in [-0.25, -0.2) is 0 Å². The van der Waals surface area contributed by atoms with Gasteiger partial charge in [0.25, 0.3) is 0 Å². The van der Waals surface area contributed by atoms with E-state index in [4.69, 9.17) is 5.73 Å². The minimum absolute atomic E-state index is 0.456. The highest BCUT2D eigenvalue weighted by molar-refractivity contribution is 4.79. The number of nitrogens with two attached hydrogens (primary N) is 1. The van der Waals surface area contributed by atoms with Crippen molar-refractivity contribution in [3.05, 3.63) is 0 Å². The van der Waals surface area contributed by atoms with Crippen LogP contribution in [-0.2, 0) is 0 Å². The van der Waals surface area contributed by atoms with Crippen molar-refractivity contribution in [3.8, 4) is 0 Å². The molecule has 0 unspecified atom stereocenters. The van der Waals surface area contributed by atoms with Crippen molar-refractivity contribution in [3.63, 3.8) is 0 Å². The summed E-state index contributed by atoms with van der Waals surface area (Å²) >= 11 is 0. The first kappa shape index (κ1) is 8.02. The molecule has 2 N–H and O–H groups in total. The molecule has 0 bridgehead atoms. The third kappa shape index (κ3) is 1.70. The number of piperidine rings is 1. The fourth-order valence-electron chi connectivity index (χ4n) is 1.73. The topological polar surface area (TPSA) is 29.3 Å². The van der Waals surface area contributed by atoms with Gasteiger partial charge in [0.2, 0.25) is 0 Å². The van der Waals surface area contributed by atoms with Crippen LogP contribution in [0.3, 0.4) is 0 Å². The molecule has 0 aliphatic carbocycles. The van der Waals surface area contributed by atoms with E-state index in [0.717, 1.165) is 0 Å². The fourth-order valence-corrected chi connectivity index (χ4v) is 1.73. The van der Waals surface area contributed by atoms with E-state index < -0.39 is 0 Å². The molecule has 1 fully saturated rings. The highest BCUT2D eigenvalue weighted by Gasteiger charge is 2.20. The number of hydrogen-bond acceptors (Lipinski definition) is 2. The van der Waals surface area contributed by atoms with Crippen LogP contribution in [0.15, 0.2) is 0 Å². The van der Waals surface area contributed by atoms with Gasteiger partial charge in [-0.05, 0) is 32.9 Å². The first-order valence-electron chi connectivity index (χ1n) is 4.23. The Hall–Kier alpha value is -0.0800. The molecule has 0 aromatic heterocycles. The van der Waals surface area contributed by atoms with Gasteiger partial charge in [-0.1, -0.05) is 6.92 Å². The largest absolute Gasteiger partial charge is 0.328 e. The SMILES string of the molecule is CCN1CC[C@H](N)C[C@@H]1C. The lowest BCUT2D eigenvalue weighted by Gasteiger charge is -2.35. The predicted molar refractivity (Wildman–Crippen MR) is 43.9 cm³/mol. The van der Waals surface area contributed by atoms with Gasteiger partial charge in [0.15, 0.2) is 0 Å². The molecule has 0 aromatic carbocycles. The predicted octanol–water partition coefficient (Wildman–Crippen LogP) is 0.818. The molecule has 0 radical (unpaired) electrons. The lowest BCUT2D eigenvalue weighted by atomic mass is 9.99. The zero-order chi connectivity index (χ0) is 7.56. The van der Waals surface area contributed by atoms with E-state index in [1.54, 1.807) is 0 Å². The van der Waals surface area contributed by atoms with Crippen LogP contribution in [0.5, 0.6) is 0 Å². The third-order valence-corrected chi connectivity index (χ3v) is 2.46. The Labute approximate surface area is 63.4 Å². The molecule has 0 aromatic rings. The number of nitrogens with zero attached hydrogens (tertiary/aromatic N) is 1. The zero-order valence-electron chi connectivity index (χ0n) is 7.01. The van der Waals surface area contributed by atoms with Crippen LogP contribution >= 0.6 is 0 Å². The molecule has 1 aliphatic rings. The third-order valence-electron chi connectivity index (χ3n) is 2.46. The van der Waals surface area contributed by atoms with Crippen LogP contribution in [0.2, 0.25) is 0 Å². The van der Waals surface area contributed by atoms with Gasteiger partial charge >= 0.3 is 0 Å². The van der Waals surface area contributed by atoms with Crippen LogP contribution in [-0.4, -0.2) is 30.1 Å². The van der Waals surface area contributed by atoms with Crippen molar-refractivity contribution in [2.45, 2.75) is 38.8 Å². The number of hydrogen-bond donors (Lipinski definition) is 1. The van der Waals surface area contributed by atoms with Crippen molar-refractivity contribution >= 4 is 0 Å². The summed E-state index contributed by atoms with van der Waals surface area (Å²) in [6.07, 6.45) is 2.35. The maximum Gasteiger partial charge on any atom is 0.00815 e. The molecule has 2 nitrogen and oxygen atoms in total. The maximum atomic E-state index is 5.82. The molecular formula is C8H18N2. The molecule has 1 heterocycles. The van der Waals surface area contributed by atoms with Crippen LogP contribution in [0.1, 0.15) is 26.7 Å². The van der Waals surface area contributed by atoms with Crippen molar-refractivity contribution in [1.82, 2.24) is 4.90 Å². The quantitative estimate of drug-likeness (QED) is 0.587. The van der Waals surface area contributed by atoms with Gasteiger partial charge in [-0.2, -0.15) is 0 Å². The van der Waals surface area contributed by atoms with Crippen molar-refractivity contribution < 1.29 is 0 Å². The number of likely N-dealkylation sites (tertiary alicyclic amines) is 1. The molecule has 2 heteroatoms. The van der Waals surface area contributed by atoms with E-state index in [0.29, 0.717) is 12.1 Å². The molecule has 0 saturated carbocycles. The summed E-state index contributed by atoms with van der Waals surface area (Å²) in [6.45, 7) is 6.85. The standard InChI is InChI=1S/C8H18N2/c1-3-10-5-4-8(9)6-7(10)2/h7-8H,3-6,9H2,1-2H3/t7-,8-/m0/s1. The molecular weight excluding hydrogens is 124 g/mol.